The van der Waals surface area contributed by atoms with Crippen LogP contribution in [0.1, 0.15) is 45.2 Å². The highest BCUT2D eigenvalue weighted by Crippen LogP contribution is 2.09. The molecule has 0 aliphatic carbocycles. The van der Waals surface area contributed by atoms with Crippen molar-refractivity contribution in [2.75, 3.05) is 12.0 Å². The topological polar surface area (TPSA) is 222 Å². The zero-order chi connectivity index (χ0) is 27.3. The zero-order valence-electron chi connectivity index (χ0n) is 20.8. The lowest BCUT2D eigenvalue weighted by Crippen LogP contribution is -2.57. The number of H-pyrrole nitrogens is 1. The molecule has 4 amide bonds. The van der Waals surface area contributed by atoms with Gasteiger partial charge in [0, 0.05) is 24.7 Å². The molecule has 0 radical (unpaired) electrons. The molecule has 4 atom stereocenters. The van der Waals surface area contributed by atoms with E-state index in [0.29, 0.717) is 17.9 Å². The van der Waals surface area contributed by atoms with E-state index in [1.807, 2.05) is 20.1 Å². The first-order valence-electron chi connectivity index (χ1n) is 11.6. The maximum absolute atomic E-state index is 13.1. The number of aromatic nitrogens is 2. The molecule has 14 heteroatoms. The molecule has 202 valence electrons. The summed E-state index contributed by atoms with van der Waals surface area (Å²) < 4.78 is 0. The predicted octanol–water partition coefficient (Wildman–Crippen LogP) is -1.12. The van der Waals surface area contributed by atoms with Gasteiger partial charge in [-0.05, 0) is 37.2 Å². The number of primary amides is 1. The number of nitrogens with two attached hydrogens (primary N) is 2. The summed E-state index contributed by atoms with van der Waals surface area (Å²) >= 11 is 1.48. The Bertz CT molecular complexity index is 880. The Morgan fingerprint density at radius 3 is 2.17 bits per heavy atom. The second kappa shape index (κ2) is 15.8. The Morgan fingerprint density at radius 1 is 1.03 bits per heavy atom. The molecule has 0 bridgehead atoms. The molecule has 1 heterocycles. The molecule has 0 saturated heterocycles. The zero-order valence-corrected chi connectivity index (χ0v) is 21.6. The van der Waals surface area contributed by atoms with Crippen molar-refractivity contribution < 1.29 is 29.1 Å². The van der Waals surface area contributed by atoms with E-state index in [0.717, 1.165) is 0 Å². The first-order valence-corrected chi connectivity index (χ1v) is 13.0. The third kappa shape index (κ3) is 11.5. The summed E-state index contributed by atoms with van der Waals surface area (Å²) in [4.78, 5) is 67.9. The number of rotatable bonds is 17. The Kier molecular flexibility index (Phi) is 13.5. The van der Waals surface area contributed by atoms with Gasteiger partial charge < -0.3 is 37.5 Å². The lowest BCUT2D eigenvalue weighted by molar-refractivity contribution is -0.142. The van der Waals surface area contributed by atoms with E-state index >= 15 is 0 Å². The highest BCUT2D eigenvalue weighted by atomic mass is 32.2. The van der Waals surface area contributed by atoms with E-state index in [-0.39, 0.29) is 31.6 Å². The second-order valence-electron chi connectivity index (χ2n) is 8.83. The Hall–Kier alpha value is -3.13. The third-order valence-electron chi connectivity index (χ3n) is 5.21. The van der Waals surface area contributed by atoms with E-state index in [4.69, 9.17) is 11.5 Å². The van der Waals surface area contributed by atoms with Crippen LogP contribution in [0.4, 0.5) is 0 Å². The molecule has 0 fully saturated rings. The van der Waals surface area contributed by atoms with Crippen molar-refractivity contribution in [3.63, 3.8) is 0 Å². The van der Waals surface area contributed by atoms with Gasteiger partial charge in [0.25, 0.3) is 0 Å². The SMILES string of the molecule is CSCCC(NC(=O)C(N)Cc1cnc[nH]1)C(=O)NC(CC(C)C)C(=O)NC(CCC(N)=O)C(=O)O. The molecule has 1 aromatic rings. The molecule has 0 aliphatic heterocycles. The van der Waals surface area contributed by atoms with Crippen LogP contribution in [0.15, 0.2) is 12.5 Å². The molecule has 9 N–H and O–H groups in total. The van der Waals surface area contributed by atoms with E-state index < -0.39 is 53.8 Å². The minimum atomic E-state index is -1.34. The normalized spacial score (nSPS) is 14.4. The summed E-state index contributed by atoms with van der Waals surface area (Å²) in [6.45, 7) is 3.69. The van der Waals surface area contributed by atoms with Crippen molar-refractivity contribution >= 4 is 41.4 Å². The number of carboxylic acid groups (broad SMARTS) is 1. The number of aliphatic carboxylic acids is 1. The maximum Gasteiger partial charge on any atom is 0.326 e. The van der Waals surface area contributed by atoms with Crippen LogP contribution in [0.2, 0.25) is 0 Å². The van der Waals surface area contributed by atoms with Crippen molar-refractivity contribution in [1.82, 2.24) is 25.9 Å². The molecular weight excluding hydrogens is 490 g/mol. The van der Waals surface area contributed by atoms with Crippen LogP contribution in [0.5, 0.6) is 0 Å². The molecule has 0 aliphatic rings. The summed E-state index contributed by atoms with van der Waals surface area (Å²) in [5.74, 6) is -3.30. The molecule has 13 nitrogen and oxygen atoms in total. The quantitative estimate of drug-likeness (QED) is 0.130. The molecule has 0 spiro atoms. The smallest absolute Gasteiger partial charge is 0.326 e. The summed E-state index contributed by atoms with van der Waals surface area (Å²) in [6, 6.07) is -4.28. The van der Waals surface area contributed by atoms with Crippen molar-refractivity contribution in [2.45, 2.75) is 70.1 Å². The number of hydrogen-bond donors (Lipinski definition) is 7. The van der Waals surface area contributed by atoms with Gasteiger partial charge in [0.05, 0.1) is 12.4 Å². The van der Waals surface area contributed by atoms with Crippen molar-refractivity contribution in [2.24, 2.45) is 17.4 Å². The number of aromatic amines is 1. The lowest BCUT2D eigenvalue weighted by atomic mass is 10.0. The van der Waals surface area contributed by atoms with Gasteiger partial charge in [0.15, 0.2) is 0 Å². The molecule has 0 saturated carbocycles. The first-order chi connectivity index (χ1) is 16.9. The molecule has 0 aromatic carbocycles. The Balaban J connectivity index is 2.92. The van der Waals surface area contributed by atoms with Gasteiger partial charge in [-0.2, -0.15) is 11.8 Å². The molecular formula is C22H37N7O6S. The number of nitrogens with zero attached hydrogens (tertiary/aromatic N) is 1. The second-order valence-corrected chi connectivity index (χ2v) is 9.81. The van der Waals surface area contributed by atoms with Gasteiger partial charge in [0.1, 0.15) is 18.1 Å². The fraction of sp³-hybridized carbons (Fsp3) is 0.636. The van der Waals surface area contributed by atoms with Crippen LogP contribution in [-0.2, 0) is 30.4 Å². The molecule has 1 rings (SSSR count). The first kappa shape index (κ1) is 30.9. The number of thioether (sulfide) groups is 1. The Morgan fingerprint density at radius 2 is 1.64 bits per heavy atom. The number of carboxylic acids is 1. The summed E-state index contributed by atoms with van der Waals surface area (Å²) in [6.07, 6.45) is 5.19. The average Bonchev–Trinajstić information content (AvgIpc) is 3.30. The minimum Gasteiger partial charge on any atom is -0.480 e. The molecule has 1 aromatic heterocycles. The maximum atomic E-state index is 13.1. The highest BCUT2D eigenvalue weighted by molar-refractivity contribution is 7.98. The summed E-state index contributed by atoms with van der Waals surface area (Å²) in [5, 5.41) is 17.0. The van der Waals surface area contributed by atoms with Crippen molar-refractivity contribution in [3.05, 3.63) is 18.2 Å². The van der Waals surface area contributed by atoms with Gasteiger partial charge >= 0.3 is 5.97 Å². The minimum absolute atomic E-state index is 0.0167. The number of nitrogens with one attached hydrogen (secondary N) is 4. The third-order valence-corrected chi connectivity index (χ3v) is 5.85. The van der Waals surface area contributed by atoms with Crippen LogP contribution in [0.3, 0.4) is 0 Å². The van der Waals surface area contributed by atoms with Crippen LogP contribution >= 0.6 is 11.8 Å². The average molecular weight is 528 g/mol. The van der Waals surface area contributed by atoms with Crippen LogP contribution in [0.25, 0.3) is 0 Å². The number of amides is 4. The van der Waals surface area contributed by atoms with Crippen LogP contribution in [0, 0.1) is 5.92 Å². The predicted molar refractivity (Wildman–Crippen MR) is 135 cm³/mol. The van der Waals surface area contributed by atoms with Gasteiger partial charge in [-0.3, -0.25) is 19.2 Å². The number of hydrogen-bond acceptors (Lipinski definition) is 8. The number of carbonyl (C=O) groups is 5. The summed E-state index contributed by atoms with van der Waals surface area (Å²) in [5.41, 5.74) is 11.7. The fourth-order valence-corrected chi connectivity index (χ4v) is 3.77. The van der Waals surface area contributed by atoms with Crippen LogP contribution in [-0.4, -0.2) is 80.8 Å². The molecule has 36 heavy (non-hydrogen) atoms. The summed E-state index contributed by atoms with van der Waals surface area (Å²) in [7, 11) is 0. The number of carbonyl (C=O) groups excluding carboxylic acids is 4. The van der Waals surface area contributed by atoms with Gasteiger partial charge in [-0.25, -0.2) is 9.78 Å². The Labute approximate surface area is 214 Å². The van der Waals surface area contributed by atoms with E-state index in [1.54, 1.807) is 6.20 Å². The van der Waals surface area contributed by atoms with Crippen LogP contribution < -0.4 is 27.4 Å². The monoisotopic (exact) mass is 527 g/mol. The van der Waals surface area contributed by atoms with Crippen molar-refractivity contribution in [3.8, 4) is 0 Å². The van der Waals surface area contributed by atoms with E-state index in [9.17, 15) is 29.1 Å². The van der Waals surface area contributed by atoms with Crippen molar-refractivity contribution in [1.29, 1.82) is 0 Å². The lowest BCUT2D eigenvalue weighted by Gasteiger charge is -2.26. The van der Waals surface area contributed by atoms with Gasteiger partial charge in [-0.1, -0.05) is 13.8 Å². The highest BCUT2D eigenvalue weighted by Gasteiger charge is 2.30. The van der Waals surface area contributed by atoms with E-state index in [1.165, 1.54) is 18.1 Å². The fourth-order valence-electron chi connectivity index (χ4n) is 3.30. The standard InChI is InChI=1S/C22H37N7O6S/c1-12(2)8-17(21(33)28-16(22(34)35)4-5-18(24)30)29-20(32)15(6-7-36-3)27-19(31)14(23)9-13-10-25-11-26-13/h10-12,14-17H,4-9,23H2,1-3H3,(H2,24,30)(H,25,26)(H,27,31)(H,28,33)(H,29,32)(H,34,35). The largest absolute Gasteiger partial charge is 0.480 e. The number of imidazole rings is 1. The van der Waals surface area contributed by atoms with Gasteiger partial charge in [0.2, 0.25) is 23.6 Å². The van der Waals surface area contributed by atoms with E-state index in [2.05, 4.69) is 25.9 Å². The molecule has 4 unspecified atom stereocenters. The van der Waals surface area contributed by atoms with Gasteiger partial charge in [-0.15, -0.1) is 0 Å².